The van der Waals surface area contributed by atoms with Gasteiger partial charge in [-0.05, 0) is 42.5 Å². The van der Waals surface area contributed by atoms with E-state index in [2.05, 4.69) is 10.0 Å². The molecule has 2 N–H and O–H groups in total. The lowest BCUT2D eigenvalue weighted by atomic mass is 10.2. The molecule has 1 aliphatic rings. The molecule has 3 aromatic rings. The molecule has 3 aromatic carbocycles. The highest BCUT2D eigenvalue weighted by Crippen LogP contribution is 2.33. The molecule has 1 aliphatic heterocycles. The van der Waals surface area contributed by atoms with Gasteiger partial charge in [-0.15, -0.1) is 0 Å². The second-order valence-electron chi connectivity index (χ2n) is 6.76. The van der Waals surface area contributed by atoms with Gasteiger partial charge in [-0.2, -0.15) is 0 Å². The van der Waals surface area contributed by atoms with Crippen LogP contribution in [0.15, 0.2) is 65.6 Å². The van der Waals surface area contributed by atoms with Gasteiger partial charge in [0.25, 0.3) is 15.9 Å². The molecule has 1 heterocycles. The SMILES string of the molecule is COc1ccccc1NS(=O)(=O)c1cc(C(=O)Nc2ccc3c(c2)OCCO3)ccc1Cl. The maximum absolute atomic E-state index is 13.0. The highest BCUT2D eigenvalue weighted by atomic mass is 35.5. The summed E-state index contributed by atoms with van der Waals surface area (Å²) >= 11 is 6.15. The molecule has 0 unspecified atom stereocenters. The molecule has 1 amide bonds. The maximum atomic E-state index is 13.0. The largest absolute Gasteiger partial charge is 0.495 e. The Morgan fingerprint density at radius 1 is 1.00 bits per heavy atom. The van der Waals surface area contributed by atoms with Crippen LogP contribution in [0.4, 0.5) is 11.4 Å². The molecule has 4 rings (SSSR count). The smallest absolute Gasteiger partial charge is 0.263 e. The normalized spacial score (nSPS) is 12.7. The molecule has 0 radical (unpaired) electrons. The Bertz CT molecular complexity index is 1280. The zero-order valence-corrected chi connectivity index (χ0v) is 18.5. The van der Waals surface area contributed by atoms with Crippen LogP contribution < -0.4 is 24.2 Å². The predicted octanol–water partition coefficient (Wildman–Crippen LogP) is 4.17. The van der Waals surface area contributed by atoms with Crippen LogP contribution in [0.3, 0.4) is 0 Å². The summed E-state index contributed by atoms with van der Waals surface area (Å²) in [5.74, 6) is 0.956. The fourth-order valence-corrected chi connectivity index (χ4v) is 4.70. The summed E-state index contributed by atoms with van der Waals surface area (Å²) in [5.41, 5.74) is 0.840. The summed E-state index contributed by atoms with van der Waals surface area (Å²) in [7, 11) is -2.66. The Morgan fingerprint density at radius 2 is 1.75 bits per heavy atom. The van der Waals surface area contributed by atoms with E-state index in [1.807, 2.05) is 0 Å². The van der Waals surface area contributed by atoms with Gasteiger partial charge in [-0.1, -0.05) is 23.7 Å². The minimum atomic E-state index is -4.10. The van der Waals surface area contributed by atoms with Crippen molar-refractivity contribution in [2.45, 2.75) is 4.90 Å². The van der Waals surface area contributed by atoms with Crippen LogP contribution in [0.1, 0.15) is 10.4 Å². The molecule has 166 valence electrons. The summed E-state index contributed by atoms with van der Waals surface area (Å²) in [6.07, 6.45) is 0. The van der Waals surface area contributed by atoms with Crippen molar-refractivity contribution >= 4 is 38.9 Å². The average Bonchev–Trinajstić information content (AvgIpc) is 2.79. The molecular weight excluding hydrogens is 456 g/mol. The molecule has 0 bridgehead atoms. The van der Waals surface area contributed by atoms with Crippen LogP contribution in [0.25, 0.3) is 0 Å². The zero-order chi connectivity index (χ0) is 22.7. The van der Waals surface area contributed by atoms with Gasteiger partial charge in [-0.3, -0.25) is 9.52 Å². The minimum Gasteiger partial charge on any atom is -0.495 e. The fourth-order valence-electron chi connectivity index (χ4n) is 3.10. The van der Waals surface area contributed by atoms with Crippen molar-refractivity contribution in [3.63, 3.8) is 0 Å². The first-order valence-corrected chi connectivity index (χ1v) is 11.4. The Hall–Kier alpha value is -3.43. The number of amides is 1. The van der Waals surface area contributed by atoms with Gasteiger partial charge in [0.15, 0.2) is 11.5 Å². The second kappa shape index (κ2) is 8.97. The molecule has 10 heteroatoms. The van der Waals surface area contributed by atoms with Crippen LogP contribution in [-0.4, -0.2) is 34.6 Å². The molecular formula is C22H19ClN2O6S. The van der Waals surface area contributed by atoms with E-state index >= 15 is 0 Å². The summed E-state index contributed by atoms with van der Waals surface area (Å²) in [6, 6.07) is 15.6. The molecule has 0 saturated carbocycles. The number of ether oxygens (including phenoxy) is 3. The predicted molar refractivity (Wildman–Crippen MR) is 121 cm³/mol. The molecule has 0 saturated heterocycles. The maximum Gasteiger partial charge on any atom is 0.263 e. The molecule has 0 fully saturated rings. The highest BCUT2D eigenvalue weighted by molar-refractivity contribution is 7.92. The summed E-state index contributed by atoms with van der Waals surface area (Å²) < 4.78 is 44.5. The fraction of sp³-hybridized carbons (Fsp3) is 0.136. The second-order valence-corrected chi connectivity index (χ2v) is 8.82. The number of carbonyl (C=O) groups excluding carboxylic acids is 1. The zero-order valence-electron chi connectivity index (χ0n) is 16.9. The number of nitrogens with one attached hydrogen (secondary N) is 2. The van der Waals surface area contributed by atoms with Gasteiger partial charge in [0.05, 0.1) is 17.8 Å². The highest BCUT2D eigenvalue weighted by Gasteiger charge is 2.22. The van der Waals surface area contributed by atoms with Crippen LogP contribution in [0.5, 0.6) is 17.2 Å². The number of anilines is 2. The number of methoxy groups -OCH3 is 1. The van der Waals surface area contributed by atoms with Crippen LogP contribution in [0, 0.1) is 0 Å². The Kier molecular flexibility index (Phi) is 6.11. The molecule has 8 nitrogen and oxygen atoms in total. The third kappa shape index (κ3) is 4.58. The quantitative estimate of drug-likeness (QED) is 0.555. The lowest BCUT2D eigenvalue weighted by Crippen LogP contribution is -2.17. The Morgan fingerprint density at radius 3 is 2.53 bits per heavy atom. The van der Waals surface area contributed by atoms with Gasteiger partial charge in [0, 0.05) is 17.3 Å². The van der Waals surface area contributed by atoms with Gasteiger partial charge < -0.3 is 19.5 Å². The van der Waals surface area contributed by atoms with Crippen molar-refractivity contribution in [2.24, 2.45) is 0 Å². The van der Waals surface area contributed by atoms with Crippen molar-refractivity contribution in [2.75, 3.05) is 30.4 Å². The van der Waals surface area contributed by atoms with E-state index in [0.717, 1.165) is 0 Å². The summed E-state index contributed by atoms with van der Waals surface area (Å²) in [6.45, 7) is 0.881. The summed E-state index contributed by atoms with van der Waals surface area (Å²) in [4.78, 5) is 12.5. The van der Waals surface area contributed by atoms with E-state index in [4.69, 9.17) is 25.8 Å². The van der Waals surface area contributed by atoms with E-state index in [1.54, 1.807) is 42.5 Å². The van der Waals surface area contributed by atoms with Crippen molar-refractivity contribution in [3.8, 4) is 17.2 Å². The third-order valence-electron chi connectivity index (χ3n) is 4.63. The molecule has 0 atom stereocenters. The van der Waals surface area contributed by atoms with E-state index in [1.165, 1.54) is 25.3 Å². The standard InChI is InChI=1S/C22H19ClN2O6S/c1-29-18-5-3-2-4-17(18)25-32(27,28)21-12-14(6-8-16(21)23)22(26)24-15-7-9-19-20(13-15)31-11-10-30-19/h2-9,12-13,25H,10-11H2,1H3,(H,24,26). The van der Waals surface area contributed by atoms with E-state index in [9.17, 15) is 13.2 Å². The lowest BCUT2D eigenvalue weighted by molar-refractivity contribution is 0.102. The van der Waals surface area contributed by atoms with Gasteiger partial charge in [0.2, 0.25) is 0 Å². The molecule has 0 spiro atoms. The third-order valence-corrected chi connectivity index (χ3v) is 6.48. The Balaban J connectivity index is 1.58. The minimum absolute atomic E-state index is 0.0247. The molecule has 0 aliphatic carbocycles. The number of rotatable bonds is 6. The lowest BCUT2D eigenvalue weighted by Gasteiger charge is -2.19. The number of para-hydroxylation sites is 2. The van der Waals surface area contributed by atoms with Crippen molar-refractivity contribution in [1.29, 1.82) is 0 Å². The number of sulfonamides is 1. The van der Waals surface area contributed by atoms with Gasteiger partial charge >= 0.3 is 0 Å². The van der Waals surface area contributed by atoms with E-state index in [-0.39, 0.29) is 21.2 Å². The van der Waals surface area contributed by atoms with E-state index in [0.29, 0.717) is 36.1 Å². The number of fused-ring (bicyclic) bond motifs is 1. The number of halogens is 1. The molecule has 0 aromatic heterocycles. The van der Waals surface area contributed by atoms with Gasteiger partial charge in [-0.25, -0.2) is 8.42 Å². The molecule has 32 heavy (non-hydrogen) atoms. The Labute approximate surface area is 190 Å². The number of hydrogen-bond acceptors (Lipinski definition) is 6. The van der Waals surface area contributed by atoms with Crippen molar-refractivity contribution in [1.82, 2.24) is 0 Å². The number of hydrogen-bond donors (Lipinski definition) is 2. The van der Waals surface area contributed by atoms with Crippen LogP contribution >= 0.6 is 11.6 Å². The topological polar surface area (TPSA) is 103 Å². The van der Waals surface area contributed by atoms with Crippen molar-refractivity contribution in [3.05, 3.63) is 71.2 Å². The number of benzene rings is 3. The summed E-state index contributed by atoms with van der Waals surface area (Å²) in [5, 5.41) is 2.70. The van der Waals surface area contributed by atoms with Crippen LogP contribution in [0.2, 0.25) is 5.02 Å². The first-order chi connectivity index (χ1) is 15.4. The first kappa shape index (κ1) is 21.8. The average molecular weight is 475 g/mol. The van der Waals surface area contributed by atoms with Crippen molar-refractivity contribution < 1.29 is 27.4 Å². The van der Waals surface area contributed by atoms with Crippen LogP contribution in [-0.2, 0) is 10.0 Å². The van der Waals surface area contributed by atoms with Gasteiger partial charge in [0.1, 0.15) is 23.9 Å². The van der Waals surface area contributed by atoms with E-state index < -0.39 is 15.9 Å². The monoisotopic (exact) mass is 474 g/mol. The first-order valence-electron chi connectivity index (χ1n) is 9.54. The number of carbonyl (C=O) groups is 1.